The molecule has 11 amide bonds. The maximum absolute atomic E-state index is 14.7. The average Bonchev–Trinajstić information content (AvgIpc) is 4.13. The monoisotopic (exact) mass is 1230 g/mol. The number of rotatable bonds is 37. The van der Waals surface area contributed by atoms with Crippen molar-refractivity contribution in [2.75, 3.05) is 26.2 Å². The topological polar surface area (TPSA) is 567 Å². The molecule has 1 heterocycles. The van der Waals surface area contributed by atoms with Gasteiger partial charge in [0.1, 0.15) is 60.3 Å². The minimum Gasteiger partial charge on any atom is -0.508 e. The van der Waals surface area contributed by atoms with Gasteiger partial charge in [-0.05, 0) is 72.7 Å². The number of amides is 11. The Morgan fingerprint density at radius 1 is 0.477 bits per heavy atom. The molecule has 0 aliphatic carbocycles. The third-order valence-electron chi connectivity index (χ3n) is 13.1. The van der Waals surface area contributed by atoms with Crippen LogP contribution in [0.5, 0.6) is 11.5 Å². The molecule has 0 aliphatic rings. The minimum absolute atomic E-state index is 0.0769. The highest BCUT2D eigenvalue weighted by molar-refractivity contribution is 5.99. The van der Waals surface area contributed by atoms with Crippen molar-refractivity contribution in [1.29, 1.82) is 5.41 Å². The highest BCUT2D eigenvalue weighted by Gasteiger charge is 2.35. The first-order valence-electron chi connectivity index (χ1n) is 27.3. The Kier molecular flexibility index (Phi) is 27.5. The summed E-state index contributed by atoms with van der Waals surface area (Å²) in [6.45, 7) is -2.12. The van der Waals surface area contributed by atoms with Gasteiger partial charge >= 0.3 is 11.9 Å². The summed E-state index contributed by atoms with van der Waals surface area (Å²) < 4.78 is 0. The summed E-state index contributed by atoms with van der Waals surface area (Å²) in [5.74, 6) is -15.0. The molecule has 4 rings (SSSR count). The van der Waals surface area contributed by atoms with Gasteiger partial charge in [0.2, 0.25) is 65.0 Å². The van der Waals surface area contributed by atoms with Crippen molar-refractivity contribution >= 4 is 93.8 Å². The lowest BCUT2D eigenvalue weighted by molar-refractivity contribution is -0.141. The number of guanidine groups is 1. The molecule has 0 fully saturated rings. The molecule has 24 N–H and O–H groups in total. The molecule has 88 heavy (non-hydrogen) atoms. The number of hydrogen-bond donors (Lipinski definition) is 20. The molecule has 474 valence electrons. The fraction of sp³-hybridized carbons (Fsp3) is 0.382. The van der Waals surface area contributed by atoms with Gasteiger partial charge in [-0.1, -0.05) is 42.5 Å². The first kappa shape index (κ1) is 69.6. The smallest absolute Gasteiger partial charge is 0.322 e. The third kappa shape index (κ3) is 24.4. The Morgan fingerprint density at radius 2 is 0.909 bits per heavy atom. The highest BCUT2D eigenvalue weighted by Crippen LogP contribution is 2.20. The van der Waals surface area contributed by atoms with Crippen molar-refractivity contribution in [2.24, 2.45) is 22.9 Å². The molecule has 0 unspecified atom stereocenters. The van der Waals surface area contributed by atoms with Crippen molar-refractivity contribution in [3.05, 3.63) is 95.7 Å². The van der Waals surface area contributed by atoms with Crippen LogP contribution in [0.1, 0.15) is 61.6 Å². The number of carbonyl (C=O) groups excluding carboxylic acids is 11. The number of carboxylic acids is 2. The standard InChI is InChI=1S/C55H72N16O17/c56-24-44(76)65-35(6-3-19-61-55(59)60)50(84)67-37(16-18-43(58)75)51(85)68-38(20-28-7-11-31(72)12-8-28)53(87)71-41(23-46(78)79)54(88)69-39(21-29-9-13-32(73)14-10-29)52(86)70-40(22-30-25-62-34-5-2-1-4-33(30)34)49(83)63-26-45(77)66-36(15-17-42(57)74)48(82)64-27-47(80)81/h1-2,4-5,7-14,25,35-41,62,72-73H,3,6,15-24,26-27,56H2,(H2,57,74)(H2,58,75)(H,63,83)(H,64,82)(H,65,76)(H,66,77)(H,67,84)(H,68,85)(H,69,88)(H,70,86)(H,71,87)(H,78,79)(H,80,81)(H4,59,60,61)/t35-,36-,37-,38-,39-,40-,41-/m0/s1. The summed E-state index contributed by atoms with van der Waals surface area (Å²) in [6.07, 6.45) is -2.38. The Balaban J connectivity index is 1.68. The van der Waals surface area contributed by atoms with Crippen LogP contribution in [-0.4, -0.2) is 177 Å². The maximum atomic E-state index is 14.7. The van der Waals surface area contributed by atoms with Crippen LogP contribution in [0.15, 0.2) is 79.0 Å². The van der Waals surface area contributed by atoms with Gasteiger partial charge in [0.25, 0.3) is 0 Å². The van der Waals surface area contributed by atoms with Gasteiger partial charge in [-0.2, -0.15) is 0 Å². The number of carboxylic acid groups (broad SMARTS) is 2. The number of benzene rings is 3. The number of phenols is 2. The first-order valence-corrected chi connectivity index (χ1v) is 27.3. The van der Waals surface area contributed by atoms with Crippen molar-refractivity contribution in [3.8, 4) is 11.5 Å². The highest BCUT2D eigenvalue weighted by atomic mass is 16.4. The van der Waals surface area contributed by atoms with Crippen LogP contribution in [0.3, 0.4) is 0 Å². The predicted octanol–water partition coefficient (Wildman–Crippen LogP) is -5.45. The van der Waals surface area contributed by atoms with Gasteiger partial charge in [-0.25, -0.2) is 0 Å². The minimum atomic E-state index is -2.06. The molecule has 3 aromatic carbocycles. The molecule has 33 nitrogen and oxygen atoms in total. The second-order valence-corrected chi connectivity index (χ2v) is 20.0. The van der Waals surface area contributed by atoms with Crippen LogP contribution in [0, 0.1) is 5.41 Å². The Morgan fingerprint density at radius 3 is 1.41 bits per heavy atom. The third-order valence-corrected chi connectivity index (χ3v) is 13.1. The molecule has 0 radical (unpaired) electrons. The summed E-state index contributed by atoms with van der Waals surface area (Å²) in [5.41, 5.74) is 23.1. The number of aromatic amines is 1. The van der Waals surface area contributed by atoms with E-state index in [-0.39, 0.29) is 60.8 Å². The molecular weight excluding hydrogens is 1160 g/mol. The Hall–Kier alpha value is -10.9. The predicted molar refractivity (Wildman–Crippen MR) is 310 cm³/mol. The summed E-state index contributed by atoms with van der Waals surface area (Å²) in [4.78, 5) is 174. The second kappa shape index (κ2) is 34.8. The van der Waals surface area contributed by atoms with Gasteiger partial charge in [0.05, 0.1) is 19.5 Å². The quantitative estimate of drug-likeness (QED) is 0.0114. The van der Waals surface area contributed by atoms with E-state index in [0.29, 0.717) is 16.5 Å². The van der Waals surface area contributed by atoms with Crippen LogP contribution in [0.25, 0.3) is 10.9 Å². The number of aromatic hydroxyl groups is 2. The fourth-order valence-corrected chi connectivity index (χ4v) is 8.61. The molecule has 0 saturated carbocycles. The van der Waals surface area contributed by atoms with Crippen molar-refractivity contribution < 1.29 is 82.8 Å². The van der Waals surface area contributed by atoms with E-state index in [1.54, 1.807) is 30.5 Å². The number of H-pyrrole nitrogens is 1. The van der Waals surface area contributed by atoms with Crippen LogP contribution < -0.4 is 76.1 Å². The van der Waals surface area contributed by atoms with E-state index in [1.165, 1.54) is 48.5 Å². The molecule has 7 atom stereocenters. The van der Waals surface area contributed by atoms with E-state index < -0.39 is 177 Å². The summed E-state index contributed by atoms with van der Waals surface area (Å²) in [7, 11) is 0. The molecular formula is C55H72N16O17. The lowest BCUT2D eigenvalue weighted by Gasteiger charge is -2.27. The molecule has 33 heteroatoms. The van der Waals surface area contributed by atoms with E-state index in [0.717, 1.165) is 0 Å². The van der Waals surface area contributed by atoms with Gasteiger partial charge in [0.15, 0.2) is 5.96 Å². The summed E-state index contributed by atoms with van der Waals surface area (Å²) in [5, 5.41) is 71.1. The lowest BCUT2D eigenvalue weighted by Crippen LogP contribution is -2.61. The normalized spacial score (nSPS) is 13.2. The zero-order valence-electron chi connectivity index (χ0n) is 47.4. The van der Waals surface area contributed by atoms with Crippen molar-refractivity contribution in [3.63, 3.8) is 0 Å². The lowest BCUT2D eigenvalue weighted by atomic mass is 10.0. The maximum Gasteiger partial charge on any atom is 0.322 e. The number of para-hydroxylation sites is 1. The second-order valence-electron chi connectivity index (χ2n) is 20.0. The van der Waals surface area contributed by atoms with Crippen LogP contribution >= 0.6 is 0 Å². The van der Waals surface area contributed by atoms with Crippen LogP contribution in [-0.2, 0) is 81.6 Å². The molecule has 0 spiro atoms. The summed E-state index contributed by atoms with van der Waals surface area (Å²) in [6, 6.07) is 5.75. The number of nitrogens with one attached hydrogen (secondary N) is 12. The van der Waals surface area contributed by atoms with Crippen LogP contribution in [0.2, 0.25) is 0 Å². The molecule has 0 saturated heterocycles. The Labute approximate surface area is 501 Å². The van der Waals surface area contributed by atoms with Crippen molar-refractivity contribution in [2.45, 2.75) is 107 Å². The van der Waals surface area contributed by atoms with Gasteiger partial charge < -0.3 is 102 Å². The number of phenolic OH excluding ortho intramolecular Hbond substituents is 2. The van der Waals surface area contributed by atoms with Gasteiger partial charge in [-0.3, -0.25) is 67.7 Å². The number of carbonyl (C=O) groups is 13. The number of primary amides is 2. The number of hydrogen-bond acceptors (Lipinski definition) is 17. The van der Waals surface area contributed by atoms with Crippen molar-refractivity contribution in [1.82, 2.24) is 58.2 Å². The number of aromatic nitrogens is 1. The number of aliphatic carboxylic acids is 2. The molecule has 0 bridgehead atoms. The zero-order chi connectivity index (χ0) is 65.0. The SMILES string of the molecule is N=C(N)NCCC[C@H](NC(=O)CN)C(=O)N[C@@H](CCC(N)=O)C(=O)N[C@@H](Cc1ccc(O)cc1)C(=O)N[C@@H](CC(=O)O)C(=O)N[C@@H](Cc1ccc(O)cc1)C(=O)N[C@@H](Cc1c[nH]c2ccccc12)C(=O)NCC(=O)N[C@@H](CCC(N)=O)C(=O)NCC(=O)O. The number of fused-ring (bicyclic) bond motifs is 1. The largest absolute Gasteiger partial charge is 0.508 e. The Bertz CT molecular complexity index is 3180. The van der Waals surface area contributed by atoms with Gasteiger partial charge in [-0.15, -0.1) is 0 Å². The van der Waals surface area contributed by atoms with E-state index in [2.05, 4.69) is 58.2 Å². The van der Waals surface area contributed by atoms with E-state index >= 15 is 0 Å². The van der Waals surface area contributed by atoms with Crippen LogP contribution in [0.4, 0.5) is 0 Å². The average molecular weight is 1230 g/mol. The zero-order valence-corrected chi connectivity index (χ0v) is 47.4. The first-order chi connectivity index (χ1) is 41.7. The van der Waals surface area contributed by atoms with Gasteiger partial charge in [0, 0.05) is 55.7 Å². The van der Waals surface area contributed by atoms with E-state index in [9.17, 15) is 77.6 Å². The fourth-order valence-electron chi connectivity index (χ4n) is 8.61. The van der Waals surface area contributed by atoms with E-state index in [1.807, 2.05) is 0 Å². The molecule has 0 aliphatic heterocycles. The summed E-state index contributed by atoms with van der Waals surface area (Å²) >= 11 is 0. The number of nitrogens with two attached hydrogens (primary N) is 4. The van der Waals surface area contributed by atoms with E-state index in [4.69, 9.17) is 33.5 Å². The molecule has 1 aromatic heterocycles. The molecule has 4 aromatic rings.